The second kappa shape index (κ2) is 6.26. The zero-order valence-corrected chi connectivity index (χ0v) is 16.4. The molecule has 5 atom stereocenters. The molecule has 2 saturated carbocycles. The van der Waals surface area contributed by atoms with E-state index in [9.17, 15) is 4.79 Å². The van der Waals surface area contributed by atoms with Crippen LogP contribution in [0, 0.1) is 22.7 Å². The number of rotatable bonds is 4. The molecule has 26 heavy (non-hydrogen) atoms. The van der Waals surface area contributed by atoms with E-state index in [4.69, 9.17) is 9.47 Å². The summed E-state index contributed by atoms with van der Waals surface area (Å²) in [7, 11) is 1.71. The number of hydrogen-bond donors (Lipinski definition) is 1. The summed E-state index contributed by atoms with van der Waals surface area (Å²) in [5.41, 5.74) is 1.52. The number of carbonyl (C=O) groups excluding carboxylic acids is 1. The summed E-state index contributed by atoms with van der Waals surface area (Å²) < 4.78 is 11.7. The third-order valence-electron chi connectivity index (χ3n) is 7.55. The molecule has 4 heteroatoms. The summed E-state index contributed by atoms with van der Waals surface area (Å²) in [5, 5.41) is 3.42. The Balaban J connectivity index is 1.69. The first-order valence-corrected chi connectivity index (χ1v) is 9.97. The first kappa shape index (κ1) is 17.8. The Morgan fingerprint density at radius 1 is 1.38 bits per heavy atom. The van der Waals surface area contributed by atoms with Gasteiger partial charge in [0.15, 0.2) is 0 Å². The predicted octanol–water partition coefficient (Wildman–Crippen LogP) is 4.10. The van der Waals surface area contributed by atoms with E-state index in [1.807, 2.05) is 19.1 Å². The van der Waals surface area contributed by atoms with Gasteiger partial charge >= 0.3 is 0 Å². The maximum atomic E-state index is 12.3. The van der Waals surface area contributed by atoms with Crippen molar-refractivity contribution >= 4 is 5.91 Å². The fourth-order valence-corrected chi connectivity index (χ4v) is 6.20. The number of fused-ring (bicyclic) bond motifs is 1. The van der Waals surface area contributed by atoms with Crippen molar-refractivity contribution in [1.82, 2.24) is 5.32 Å². The van der Waals surface area contributed by atoms with Gasteiger partial charge in [0, 0.05) is 19.1 Å². The number of ether oxygens (including phenoxy) is 2. The van der Waals surface area contributed by atoms with Crippen LogP contribution in [-0.4, -0.2) is 25.7 Å². The molecule has 2 aliphatic carbocycles. The van der Waals surface area contributed by atoms with Crippen LogP contribution in [0.1, 0.15) is 58.1 Å². The zero-order chi connectivity index (χ0) is 18.5. The van der Waals surface area contributed by atoms with Crippen molar-refractivity contribution in [2.24, 2.45) is 22.7 Å². The van der Waals surface area contributed by atoms with E-state index in [0.29, 0.717) is 18.3 Å². The smallest absolute Gasteiger partial charge is 0.219 e. The molecule has 3 fully saturated rings. The van der Waals surface area contributed by atoms with Gasteiger partial charge in [-0.2, -0.15) is 0 Å². The van der Waals surface area contributed by atoms with Crippen LogP contribution in [-0.2, 0) is 9.53 Å². The fourth-order valence-electron chi connectivity index (χ4n) is 6.20. The largest absolute Gasteiger partial charge is 0.497 e. The Bertz CT molecular complexity index is 700. The van der Waals surface area contributed by atoms with Gasteiger partial charge in [-0.3, -0.25) is 4.79 Å². The molecule has 0 radical (unpaired) electrons. The lowest BCUT2D eigenvalue weighted by Gasteiger charge is -2.53. The molecule has 142 valence electrons. The van der Waals surface area contributed by atoms with Crippen molar-refractivity contribution in [3.63, 3.8) is 0 Å². The number of carbonyl (C=O) groups is 1. The topological polar surface area (TPSA) is 47.6 Å². The number of nitrogens with one attached hydrogen (secondary N) is 1. The summed E-state index contributed by atoms with van der Waals surface area (Å²) >= 11 is 0. The van der Waals surface area contributed by atoms with Crippen LogP contribution >= 0.6 is 0 Å². The van der Waals surface area contributed by atoms with Crippen LogP contribution in [0.3, 0.4) is 0 Å². The quantitative estimate of drug-likeness (QED) is 0.882. The molecule has 3 aliphatic rings. The summed E-state index contributed by atoms with van der Waals surface area (Å²) in [4.78, 5) is 12.3. The van der Waals surface area contributed by atoms with Crippen LogP contribution in [0.5, 0.6) is 5.75 Å². The second-order valence-corrected chi connectivity index (χ2v) is 8.97. The van der Waals surface area contributed by atoms with Gasteiger partial charge < -0.3 is 14.8 Å². The highest BCUT2D eigenvalue weighted by atomic mass is 16.5. The SMILES string of the molecule is CCC(=O)N[C@H]1C(C)(C)[C@@H]2C[C@@H]3[C@@H](c4cccc(OC)c4)OCCC31C2. The molecule has 4 nitrogen and oxygen atoms in total. The van der Waals surface area contributed by atoms with Crippen molar-refractivity contribution in [2.45, 2.75) is 58.6 Å². The Labute approximate surface area is 156 Å². The van der Waals surface area contributed by atoms with E-state index in [0.717, 1.165) is 18.8 Å². The lowest BCUT2D eigenvalue weighted by atomic mass is 9.59. The van der Waals surface area contributed by atoms with Crippen LogP contribution in [0.25, 0.3) is 0 Å². The van der Waals surface area contributed by atoms with Gasteiger partial charge in [0.25, 0.3) is 0 Å². The highest BCUT2D eigenvalue weighted by molar-refractivity contribution is 5.76. The molecule has 1 heterocycles. The highest BCUT2D eigenvalue weighted by Gasteiger charge is 2.68. The number of amides is 1. The minimum atomic E-state index is 0.0981. The average molecular weight is 357 g/mol. The van der Waals surface area contributed by atoms with Crippen LogP contribution < -0.4 is 10.1 Å². The van der Waals surface area contributed by atoms with Crippen LogP contribution in [0.4, 0.5) is 0 Å². The first-order chi connectivity index (χ1) is 12.4. The molecule has 1 aliphatic heterocycles. The third-order valence-corrected chi connectivity index (χ3v) is 7.55. The van der Waals surface area contributed by atoms with E-state index >= 15 is 0 Å². The van der Waals surface area contributed by atoms with Crippen molar-refractivity contribution in [3.8, 4) is 5.75 Å². The van der Waals surface area contributed by atoms with Crippen molar-refractivity contribution in [3.05, 3.63) is 29.8 Å². The van der Waals surface area contributed by atoms with Gasteiger partial charge in [-0.1, -0.05) is 32.9 Å². The summed E-state index contributed by atoms with van der Waals surface area (Å²) in [6.07, 6.45) is 4.10. The lowest BCUT2D eigenvalue weighted by Crippen LogP contribution is -2.58. The van der Waals surface area contributed by atoms with Crippen molar-refractivity contribution in [1.29, 1.82) is 0 Å². The molecule has 2 bridgehead atoms. The highest BCUT2D eigenvalue weighted by Crippen LogP contribution is 2.70. The second-order valence-electron chi connectivity index (χ2n) is 8.97. The van der Waals surface area contributed by atoms with E-state index in [1.54, 1.807) is 7.11 Å². The molecule has 4 rings (SSSR count). The summed E-state index contributed by atoms with van der Waals surface area (Å²) in [6, 6.07) is 8.54. The maximum Gasteiger partial charge on any atom is 0.219 e. The number of hydrogen-bond acceptors (Lipinski definition) is 3. The van der Waals surface area contributed by atoms with Gasteiger partial charge in [0.2, 0.25) is 5.91 Å². The van der Waals surface area contributed by atoms with Crippen LogP contribution in [0.2, 0.25) is 0 Å². The van der Waals surface area contributed by atoms with E-state index in [1.165, 1.54) is 18.4 Å². The Morgan fingerprint density at radius 3 is 2.92 bits per heavy atom. The molecule has 1 spiro atoms. The summed E-state index contributed by atoms with van der Waals surface area (Å²) in [6.45, 7) is 7.39. The van der Waals surface area contributed by atoms with Gasteiger partial charge in [-0.15, -0.1) is 0 Å². The van der Waals surface area contributed by atoms with Gasteiger partial charge in [0.1, 0.15) is 5.75 Å². The molecule has 1 amide bonds. The molecular formula is C22H31NO3. The Kier molecular flexibility index (Phi) is 4.30. The number of methoxy groups -OCH3 is 1. The Morgan fingerprint density at radius 2 is 2.19 bits per heavy atom. The van der Waals surface area contributed by atoms with Crippen molar-refractivity contribution in [2.75, 3.05) is 13.7 Å². The zero-order valence-electron chi connectivity index (χ0n) is 16.4. The monoisotopic (exact) mass is 357 g/mol. The average Bonchev–Trinajstić information content (AvgIpc) is 3.14. The normalized spacial score (nSPS) is 37.2. The molecule has 1 saturated heterocycles. The first-order valence-electron chi connectivity index (χ1n) is 9.97. The minimum Gasteiger partial charge on any atom is -0.497 e. The molecule has 0 aromatic heterocycles. The Hall–Kier alpha value is -1.55. The number of benzene rings is 1. The molecular weight excluding hydrogens is 326 g/mol. The van der Waals surface area contributed by atoms with Crippen molar-refractivity contribution < 1.29 is 14.3 Å². The fraction of sp³-hybridized carbons (Fsp3) is 0.682. The standard InChI is InChI=1S/C22H31NO3/c1-5-18(24)23-20-21(2,3)15-12-17-19(26-10-9-22(17,20)13-15)14-7-6-8-16(11-14)25-4/h6-8,11,15,17,19-20H,5,9-10,12-13H2,1-4H3,(H,23,24)/t15-,17-,19-,20+,22?/m1/s1. The predicted molar refractivity (Wildman–Crippen MR) is 101 cm³/mol. The van der Waals surface area contributed by atoms with Gasteiger partial charge in [-0.05, 0) is 59.6 Å². The maximum absolute atomic E-state index is 12.3. The van der Waals surface area contributed by atoms with E-state index in [2.05, 4.69) is 31.3 Å². The molecule has 1 N–H and O–H groups in total. The third kappa shape index (κ3) is 2.49. The van der Waals surface area contributed by atoms with E-state index < -0.39 is 0 Å². The minimum absolute atomic E-state index is 0.0981. The van der Waals surface area contributed by atoms with E-state index in [-0.39, 0.29) is 28.9 Å². The van der Waals surface area contributed by atoms with Gasteiger partial charge in [-0.25, -0.2) is 0 Å². The summed E-state index contributed by atoms with van der Waals surface area (Å²) in [5.74, 6) is 2.16. The van der Waals surface area contributed by atoms with Gasteiger partial charge in [0.05, 0.1) is 13.2 Å². The lowest BCUT2D eigenvalue weighted by molar-refractivity contribution is -0.137. The molecule has 1 unspecified atom stereocenters. The van der Waals surface area contributed by atoms with Crippen LogP contribution in [0.15, 0.2) is 24.3 Å². The molecule has 1 aromatic carbocycles. The molecule has 1 aromatic rings.